The molecule has 1 saturated heterocycles. The number of nitrogen functional groups attached to an aromatic ring is 1. The molecule has 0 unspecified atom stereocenters. The molecule has 4 rings (SSSR count). The van der Waals surface area contributed by atoms with Crippen LogP contribution in [0.4, 0.5) is 5.69 Å². The van der Waals surface area contributed by atoms with Crippen LogP contribution in [0.2, 0.25) is 0 Å². The van der Waals surface area contributed by atoms with Crippen molar-refractivity contribution in [3.05, 3.63) is 65.7 Å². The molecule has 5 nitrogen and oxygen atoms in total. The molecule has 2 aromatic rings. The van der Waals surface area contributed by atoms with E-state index in [0.29, 0.717) is 37.8 Å². The fourth-order valence-corrected chi connectivity index (χ4v) is 4.09. The summed E-state index contributed by atoms with van der Waals surface area (Å²) in [6.45, 7) is 2.02. The molecule has 2 N–H and O–H groups in total. The third-order valence-electron chi connectivity index (χ3n) is 6.00. The second kappa shape index (κ2) is 8.68. The van der Waals surface area contributed by atoms with Crippen molar-refractivity contribution in [2.24, 2.45) is 5.92 Å². The Morgan fingerprint density at radius 3 is 2.17 bits per heavy atom. The van der Waals surface area contributed by atoms with Crippen molar-refractivity contribution in [3.63, 3.8) is 0 Å². The maximum atomic E-state index is 13.2. The molecular weight excluding hydrogens is 362 g/mol. The Balaban J connectivity index is 1.31. The number of anilines is 1. The second-order valence-corrected chi connectivity index (χ2v) is 8.26. The van der Waals surface area contributed by atoms with Gasteiger partial charge in [-0.25, -0.2) is 0 Å². The van der Waals surface area contributed by atoms with Gasteiger partial charge in [0.05, 0.1) is 6.42 Å². The van der Waals surface area contributed by atoms with E-state index in [0.717, 1.165) is 31.2 Å². The Morgan fingerprint density at radius 2 is 1.55 bits per heavy atom. The van der Waals surface area contributed by atoms with Crippen LogP contribution < -0.4 is 5.73 Å². The number of piperidine rings is 1. The summed E-state index contributed by atoms with van der Waals surface area (Å²) in [5.41, 5.74) is 8.58. The Bertz CT molecular complexity index is 838. The lowest BCUT2D eigenvalue weighted by Gasteiger charge is -2.34. The average molecular weight is 392 g/mol. The summed E-state index contributed by atoms with van der Waals surface area (Å²) < 4.78 is 0. The Morgan fingerprint density at radius 1 is 0.897 bits per heavy atom. The lowest BCUT2D eigenvalue weighted by atomic mass is 9.94. The first-order chi connectivity index (χ1) is 14.1. The predicted molar refractivity (Wildman–Crippen MR) is 114 cm³/mol. The van der Waals surface area contributed by atoms with E-state index in [1.54, 1.807) is 0 Å². The number of nitrogens with zero attached hydrogens (tertiary/aromatic N) is 2. The van der Waals surface area contributed by atoms with E-state index in [9.17, 15) is 9.59 Å². The highest BCUT2D eigenvalue weighted by Crippen LogP contribution is 2.32. The maximum absolute atomic E-state index is 13.2. The van der Waals surface area contributed by atoms with Gasteiger partial charge in [0.2, 0.25) is 11.8 Å². The number of benzene rings is 2. The summed E-state index contributed by atoms with van der Waals surface area (Å²) in [7, 11) is 0. The third kappa shape index (κ3) is 4.97. The zero-order valence-electron chi connectivity index (χ0n) is 16.8. The number of carbonyl (C=O) groups excluding carboxylic acids is 2. The summed E-state index contributed by atoms with van der Waals surface area (Å²) in [5, 5.41) is 0. The van der Waals surface area contributed by atoms with Crippen LogP contribution in [-0.2, 0) is 22.6 Å². The first-order valence-electron chi connectivity index (χ1n) is 10.6. The van der Waals surface area contributed by atoms with Crippen molar-refractivity contribution in [2.45, 2.75) is 44.7 Å². The molecule has 2 aliphatic rings. The Hall–Kier alpha value is -2.82. The highest BCUT2D eigenvalue weighted by atomic mass is 16.2. The van der Waals surface area contributed by atoms with Crippen molar-refractivity contribution >= 4 is 17.5 Å². The van der Waals surface area contributed by atoms with E-state index in [1.807, 2.05) is 47.4 Å². The number of amides is 2. The molecule has 0 spiro atoms. The normalized spacial score (nSPS) is 17.2. The zero-order valence-corrected chi connectivity index (χ0v) is 16.8. The smallest absolute Gasteiger partial charge is 0.226 e. The van der Waals surface area contributed by atoms with Gasteiger partial charge in [-0.3, -0.25) is 9.59 Å². The first-order valence-corrected chi connectivity index (χ1v) is 10.6. The van der Waals surface area contributed by atoms with Crippen LogP contribution in [0.1, 0.15) is 36.8 Å². The molecule has 1 heterocycles. The van der Waals surface area contributed by atoms with Crippen LogP contribution in [-0.4, -0.2) is 40.7 Å². The zero-order chi connectivity index (χ0) is 20.2. The number of rotatable bonds is 6. The maximum Gasteiger partial charge on any atom is 0.226 e. The van der Waals surface area contributed by atoms with Crippen LogP contribution in [0.5, 0.6) is 0 Å². The molecule has 0 atom stereocenters. The van der Waals surface area contributed by atoms with Gasteiger partial charge in [0.25, 0.3) is 0 Å². The Kier molecular flexibility index (Phi) is 5.84. The number of nitrogens with two attached hydrogens (primary N) is 1. The summed E-state index contributed by atoms with van der Waals surface area (Å²) in [5.74, 6) is 0.422. The summed E-state index contributed by atoms with van der Waals surface area (Å²) >= 11 is 0. The molecule has 5 heteroatoms. The van der Waals surface area contributed by atoms with E-state index in [-0.39, 0.29) is 17.7 Å². The summed E-state index contributed by atoms with van der Waals surface area (Å²) in [6, 6.07) is 18.1. The van der Waals surface area contributed by atoms with Crippen LogP contribution in [0.25, 0.3) is 0 Å². The van der Waals surface area contributed by atoms with Gasteiger partial charge in [0.15, 0.2) is 0 Å². The minimum atomic E-state index is 0.0277. The molecule has 152 valence electrons. The monoisotopic (exact) mass is 391 g/mol. The SMILES string of the molecule is Nc1ccc(CC(=O)N2CCC(C(=O)N(Cc3ccccc3)C3CC3)CC2)cc1. The van der Waals surface area contributed by atoms with Gasteiger partial charge in [-0.1, -0.05) is 42.5 Å². The Labute approximate surface area is 172 Å². The standard InChI is InChI=1S/C24H29N3O2/c25-21-8-6-18(7-9-21)16-23(28)26-14-12-20(13-15-26)24(29)27(22-10-11-22)17-19-4-2-1-3-5-19/h1-9,20,22H,10-17,25H2. The lowest BCUT2D eigenvalue weighted by molar-refractivity contribution is -0.141. The largest absolute Gasteiger partial charge is 0.399 e. The van der Waals surface area contributed by atoms with Gasteiger partial charge in [-0.05, 0) is 48.9 Å². The summed E-state index contributed by atoms with van der Waals surface area (Å²) in [6.07, 6.45) is 4.12. The molecule has 1 aliphatic heterocycles. The topological polar surface area (TPSA) is 66.6 Å². The number of hydrogen-bond acceptors (Lipinski definition) is 3. The van der Waals surface area contributed by atoms with Gasteiger partial charge >= 0.3 is 0 Å². The van der Waals surface area contributed by atoms with Crippen molar-refractivity contribution in [1.82, 2.24) is 9.80 Å². The minimum Gasteiger partial charge on any atom is -0.399 e. The second-order valence-electron chi connectivity index (χ2n) is 8.26. The molecule has 29 heavy (non-hydrogen) atoms. The highest BCUT2D eigenvalue weighted by molar-refractivity contribution is 5.81. The average Bonchev–Trinajstić information content (AvgIpc) is 3.59. The fraction of sp³-hybridized carbons (Fsp3) is 0.417. The number of hydrogen-bond donors (Lipinski definition) is 1. The number of likely N-dealkylation sites (tertiary alicyclic amines) is 1. The van der Waals surface area contributed by atoms with Gasteiger partial charge in [-0.2, -0.15) is 0 Å². The molecule has 2 amide bonds. The van der Waals surface area contributed by atoms with Gasteiger partial charge in [-0.15, -0.1) is 0 Å². The fourth-order valence-electron chi connectivity index (χ4n) is 4.09. The van der Waals surface area contributed by atoms with E-state index in [2.05, 4.69) is 17.0 Å². The summed E-state index contributed by atoms with van der Waals surface area (Å²) in [4.78, 5) is 29.8. The predicted octanol–water partition coefficient (Wildman–Crippen LogP) is 3.24. The molecule has 2 aromatic carbocycles. The molecule has 2 fully saturated rings. The van der Waals surface area contributed by atoms with Crippen LogP contribution in [0.3, 0.4) is 0 Å². The van der Waals surface area contributed by atoms with Crippen molar-refractivity contribution in [3.8, 4) is 0 Å². The molecule has 0 bridgehead atoms. The van der Waals surface area contributed by atoms with Crippen molar-refractivity contribution in [1.29, 1.82) is 0 Å². The number of carbonyl (C=O) groups is 2. The minimum absolute atomic E-state index is 0.0277. The third-order valence-corrected chi connectivity index (χ3v) is 6.00. The lowest BCUT2D eigenvalue weighted by Crippen LogP contribution is -2.45. The molecule has 0 radical (unpaired) electrons. The first kappa shape index (κ1) is 19.5. The van der Waals surface area contributed by atoms with Crippen molar-refractivity contribution in [2.75, 3.05) is 18.8 Å². The molecule has 0 aromatic heterocycles. The molecular formula is C24H29N3O2. The van der Waals surface area contributed by atoms with Gasteiger partial charge in [0.1, 0.15) is 0 Å². The molecule has 1 aliphatic carbocycles. The van der Waals surface area contributed by atoms with E-state index >= 15 is 0 Å². The van der Waals surface area contributed by atoms with Crippen LogP contribution >= 0.6 is 0 Å². The molecule has 1 saturated carbocycles. The van der Waals surface area contributed by atoms with E-state index in [4.69, 9.17) is 5.73 Å². The van der Waals surface area contributed by atoms with E-state index in [1.165, 1.54) is 5.56 Å². The quantitative estimate of drug-likeness (QED) is 0.769. The van der Waals surface area contributed by atoms with Gasteiger partial charge in [0, 0.05) is 37.3 Å². The van der Waals surface area contributed by atoms with E-state index < -0.39 is 0 Å². The van der Waals surface area contributed by atoms with Crippen LogP contribution in [0.15, 0.2) is 54.6 Å². The van der Waals surface area contributed by atoms with Crippen LogP contribution in [0, 0.1) is 5.92 Å². The van der Waals surface area contributed by atoms with Crippen molar-refractivity contribution < 1.29 is 9.59 Å². The van der Waals surface area contributed by atoms with Gasteiger partial charge < -0.3 is 15.5 Å². The highest BCUT2D eigenvalue weighted by Gasteiger charge is 2.37.